The molecule has 0 radical (unpaired) electrons. The predicted octanol–water partition coefficient (Wildman–Crippen LogP) is 3.95. The number of rotatable bonds is 5. The first kappa shape index (κ1) is 18.8. The number of ether oxygens (including phenoxy) is 1. The number of fused-ring (bicyclic) bond motifs is 1. The van der Waals surface area contributed by atoms with E-state index in [1.165, 1.54) is 0 Å². The molecule has 0 saturated carbocycles. The molecule has 0 spiro atoms. The van der Waals surface area contributed by atoms with Gasteiger partial charge in [0.2, 0.25) is 0 Å². The minimum Gasteiger partial charge on any atom is -0.384 e. The minimum absolute atomic E-state index is 0.119. The number of hydrogen-bond acceptors (Lipinski definition) is 6. The Morgan fingerprint density at radius 2 is 2.11 bits per heavy atom. The Morgan fingerprint density at radius 3 is 2.78 bits per heavy atom. The largest absolute Gasteiger partial charge is 0.384 e. The highest BCUT2D eigenvalue weighted by Crippen LogP contribution is 2.38. The van der Waals surface area contributed by atoms with Gasteiger partial charge in [-0.3, -0.25) is 9.36 Å². The zero-order valence-corrected chi connectivity index (χ0v) is 17.7. The second-order valence-electron chi connectivity index (χ2n) is 7.17. The smallest absolute Gasteiger partial charge is 0.263 e. The number of thiophene rings is 2. The summed E-state index contributed by atoms with van der Waals surface area (Å²) < 4.78 is 7.27. The van der Waals surface area contributed by atoms with Crippen LogP contribution in [0.2, 0.25) is 0 Å². The second kappa shape index (κ2) is 7.83. The summed E-state index contributed by atoms with van der Waals surface area (Å²) in [6.45, 7) is 4.70. The molecule has 27 heavy (non-hydrogen) atoms. The lowest BCUT2D eigenvalue weighted by Gasteiger charge is -2.31. The first-order valence-electron chi connectivity index (χ1n) is 9.36. The monoisotopic (exact) mass is 403 g/mol. The quantitative estimate of drug-likeness (QED) is 0.647. The average molecular weight is 404 g/mol. The normalized spacial score (nSPS) is 16.4. The maximum absolute atomic E-state index is 13.7. The molecule has 0 unspecified atom stereocenters. The van der Waals surface area contributed by atoms with Crippen molar-refractivity contribution in [3.05, 3.63) is 38.6 Å². The molecular formula is C20H25N3O2S2. The fourth-order valence-electron chi connectivity index (χ4n) is 3.93. The van der Waals surface area contributed by atoms with Crippen LogP contribution in [0, 0.1) is 6.92 Å². The van der Waals surface area contributed by atoms with Crippen molar-refractivity contribution in [2.45, 2.75) is 32.2 Å². The second-order valence-corrected chi connectivity index (χ2v) is 9.32. The van der Waals surface area contributed by atoms with E-state index in [1.807, 2.05) is 10.6 Å². The average Bonchev–Trinajstić information content (AvgIpc) is 3.28. The van der Waals surface area contributed by atoms with Crippen molar-refractivity contribution in [2.75, 3.05) is 33.9 Å². The molecule has 0 aromatic carbocycles. The highest BCUT2D eigenvalue weighted by atomic mass is 32.1. The molecule has 1 aliphatic rings. The van der Waals surface area contributed by atoms with Crippen LogP contribution < -0.4 is 5.56 Å². The van der Waals surface area contributed by atoms with Gasteiger partial charge in [0.1, 0.15) is 10.7 Å². The molecule has 1 aliphatic heterocycles. The first-order chi connectivity index (χ1) is 13.1. The summed E-state index contributed by atoms with van der Waals surface area (Å²) >= 11 is 3.31. The van der Waals surface area contributed by atoms with Crippen LogP contribution in [0.5, 0.6) is 0 Å². The molecule has 3 aromatic rings. The Kier molecular flexibility index (Phi) is 5.45. The van der Waals surface area contributed by atoms with Gasteiger partial charge in [-0.2, -0.15) is 0 Å². The fourth-order valence-corrected chi connectivity index (χ4v) is 5.88. The van der Waals surface area contributed by atoms with E-state index in [1.54, 1.807) is 29.8 Å². The van der Waals surface area contributed by atoms with Gasteiger partial charge < -0.3 is 9.64 Å². The highest BCUT2D eigenvalue weighted by molar-refractivity contribution is 7.20. The number of aromatic nitrogens is 2. The van der Waals surface area contributed by atoms with Gasteiger partial charge in [0.05, 0.1) is 12.0 Å². The Balaban J connectivity index is 1.91. The van der Waals surface area contributed by atoms with E-state index in [2.05, 4.69) is 30.3 Å². The summed E-state index contributed by atoms with van der Waals surface area (Å²) in [6.07, 6.45) is 2.64. The van der Waals surface area contributed by atoms with E-state index < -0.39 is 0 Å². The van der Waals surface area contributed by atoms with Crippen LogP contribution in [-0.4, -0.2) is 48.3 Å². The van der Waals surface area contributed by atoms with E-state index in [4.69, 9.17) is 9.72 Å². The molecule has 0 bridgehead atoms. The van der Waals surface area contributed by atoms with Gasteiger partial charge in [0.15, 0.2) is 0 Å². The molecule has 7 heteroatoms. The zero-order valence-electron chi connectivity index (χ0n) is 16.0. The highest BCUT2D eigenvalue weighted by Gasteiger charge is 2.26. The van der Waals surface area contributed by atoms with Crippen molar-refractivity contribution in [2.24, 2.45) is 0 Å². The maximum Gasteiger partial charge on any atom is 0.263 e. The third kappa shape index (κ3) is 3.49. The molecule has 0 atom stereocenters. The van der Waals surface area contributed by atoms with Crippen LogP contribution >= 0.6 is 22.7 Å². The molecule has 0 amide bonds. The van der Waals surface area contributed by atoms with Crippen LogP contribution in [0.3, 0.4) is 0 Å². The molecule has 3 aromatic heterocycles. The number of aryl methyl sites for hydroxylation is 1. The lowest BCUT2D eigenvalue weighted by atomic mass is 10.0. The standard InChI is InChI=1S/C20H25N3O2S2/c1-13-17(15-5-4-12-26-15)18-19(27-13)21-16(8-11-25-3)23(20(18)24)14-6-9-22(2)10-7-14/h4-5,12,14H,6-11H2,1-3H3. The zero-order chi connectivity index (χ0) is 19.0. The number of likely N-dealkylation sites (tertiary alicyclic amines) is 1. The summed E-state index contributed by atoms with van der Waals surface area (Å²) in [5, 5.41) is 2.86. The Hall–Kier alpha value is -1.54. The van der Waals surface area contributed by atoms with Crippen molar-refractivity contribution < 1.29 is 4.74 Å². The number of piperidine rings is 1. The van der Waals surface area contributed by atoms with Crippen molar-refractivity contribution in [3.63, 3.8) is 0 Å². The summed E-state index contributed by atoms with van der Waals surface area (Å²) in [5.74, 6) is 0.864. The van der Waals surface area contributed by atoms with Crippen LogP contribution in [0.25, 0.3) is 20.7 Å². The SMILES string of the molecule is COCCc1nc2sc(C)c(-c3cccs3)c2c(=O)n1C1CCN(C)CC1. The van der Waals surface area contributed by atoms with Crippen molar-refractivity contribution in [3.8, 4) is 10.4 Å². The van der Waals surface area contributed by atoms with Crippen LogP contribution in [0.1, 0.15) is 29.6 Å². The van der Waals surface area contributed by atoms with E-state index in [9.17, 15) is 4.79 Å². The lowest BCUT2D eigenvalue weighted by Crippen LogP contribution is -2.37. The van der Waals surface area contributed by atoms with Crippen LogP contribution in [0.15, 0.2) is 22.3 Å². The van der Waals surface area contributed by atoms with E-state index in [0.717, 1.165) is 57.3 Å². The van der Waals surface area contributed by atoms with Gasteiger partial charge >= 0.3 is 0 Å². The molecular weight excluding hydrogens is 378 g/mol. The van der Waals surface area contributed by atoms with Gasteiger partial charge in [-0.1, -0.05) is 6.07 Å². The first-order valence-corrected chi connectivity index (χ1v) is 11.1. The van der Waals surface area contributed by atoms with Crippen LogP contribution in [-0.2, 0) is 11.2 Å². The number of nitrogens with zero attached hydrogens (tertiary/aromatic N) is 3. The van der Waals surface area contributed by atoms with Gasteiger partial charge in [-0.05, 0) is 51.3 Å². The van der Waals surface area contributed by atoms with Gasteiger partial charge in [0, 0.05) is 34.9 Å². The maximum atomic E-state index is 13.7. The summed E-state index contributed by atoms with van der Waals surface area (Å²) in [5.41, 5.74) is 1.19. The number of hydrogen-bond donors (Lipinski definition) is 0. The predicted molar refractivity (Wildman–Crippen MR) is 113 cm³/mol. The topological polar surface area (TPSA) is 47.4 Å². The molecule has 1 fully saturated rings. The molecule has 5 nitrogen and oxygen atoms in total. The van der Waals surface area contributed by atoms with Crippen molar-refractivity contribution >= 4 is 32.9 Å². The summed E-state index contributed by atoms with van der Waals surface area (Å²) in [4.78, 5) is 24.2. The van der Waals surface area contributed by atoms with Crippen molar-refractivity contribution in [1.82, 2.24) is 14.5 Å². The number of methoxy groups -OCH3 is 1. The van der Waals surface area contributed by atoms with Crippen LogP contribution in [0.4, 0.5) is 0 Å². The minimum atomic E-state index is 0.119. The Labute approximate surface area is 167 Å². The lowest BCUT2D eigenvalue weighted by molar-refractivity contribution is 0.191. The van der Waals surface area contributed by atoms with E-state index in [0.29, 0.717) is 13.0 Å². The van der Waals surface area contributed by atoms with E-state index in [-0.39, 0.29) is 11.6 Å². The van der Waals surface area contributed by atoms with Gasteiger partial charge in [-0.25, -0.2) is 4.98 Å². The van der Waals surface area contributed by atoms with Crippen molar-refractivity contribution in [1.29, 1.82) is 0 Å². The third-order valence-electron chi connectivity index (χ3n) is 5.36. The molecule has 4 rings (SSSR count). The Bertz CT molecular complexity index is 983. The fraction of sp³-hybridized carbons (Fsp3) is 0.500. The molecule has 4 heterocycles. The summed E-state index contributed by atoms with van der Waals surface area (Å²) in [6, 6.07) is 4.35. The Morgan fingerprint density at radius 1 is 1.33 bits per heavy atom. The molecule has 0 aliphatic carbocycles. The van der Waals surface area contributed by atoms with E-state index >= 15 is 0 Å². The third-order valence-corrected chi connectivity index (χ3v) is 7.24. The van der Waals surface area contributed by atoms with Gasteiger partial charge in [-0.15, -0.1) is 22.7 Å². The molecule has 0 N–H and O–H groups in total. The summed E-state index contributed by atoms with van der Waals surface area (Å²) in [7, 11) is 3.84. The van der Waals surface area contributed by atoms with Gasteiger partial charge in [0.25, 0.3) is 5.56 Å². The molecule has 144 valence electrons. The molecule has 1 saturated heterocycles.